The van der Waals surface area contributed by atoms with Crippen molar-refractivity contribution in [1.82, 2.24) is 9.55 Å². The average molecular weight is 383 g/mol. The average Bonchev–Trinajstić information content (AvgIpc) is 3.01. The molecule has 1 aromatic carbocycles. The molecule has 26 heavy (non-hydrogen) atoms. The summed E-state index contributed by atoms with van der Waals surface area (Å²) < 4.78 is 1.79. The molecule has 4 rings (SSSR count). The topological polar surface area (TPSA) is 34.9 Å². The summed E-state index contributed by atoms with van der Waals surface area (Å²) in [6, 6.07) is 10.3. The van der Waals surface area contributed by atoms with Crippen LogP contribution in [-0.4, -0.2) is 9.55 Å². The molecule has 0 unspecified atom stereocenters. The van der Waals surface area contributed by atoms with Crippen molar-refractivity contribution in [3.8, 4) is 0 Å². The van der Waals surface area contributed by atoms with Crippen molar-refractivity contribution in [3.63, 3.8) is 0 Å². The van der Waals surface area contributed by atoms with Gasteiger partial charge in [-0.3, -0.25) is 9.36 Å². The van der Waals surface area contributed by atoms with Crippen molar-refractivity contribution in [3.05, 3.63) is 69.3 Å². The SMILES string of the molecule is C=CCn1c(SCc2ccccc2)nc2sc3c(c2c1=O)C[C@@H](C)CC3. The van der Waals surface area contributed by atoms with E-state index in [-0.39, 0.29) is 5.56 Å². The standard InChI is InChI=1S/C21H22N2OS2/c1-3-11-23-20(24)18-16-12-14(2)9-10-17(16)26-19(18)22-21(23)25-13-15-7-5-4-6-8-15/h3-8,14H,1,9-13H2,2H3/t14-/m0/s1. The van der Waals surface area contributed by atoms with Crippen molar-refractivity contribution in [2.24, 2.45) is 5.92 Å². The Bertz CT molecular complexity index is 1000. The molecule has 0 amide bonds. The Hall–Kier alpha value is -1.85. The quantitative estimate of drug-likeness (QED) is 0.351. The monoisotopic (exact) mass is 382 g/mol. The van der Waals surface area contributed by atoms with Gasteiger partial charge in [-0.2, -0.15) is 0 Å². The van der Waals surface area contributed by atoms with Crippen LogP contribution < -0.4 is 5.56 Å². The summed E-state index contributed by atoms with van der Waals surface area (Å²) in [6.45, 7) is 6.60. The molecule has 3 nitrogen and oxygen atoms in total. The van der Waals surface area contributed by atoms with Crippen LogP contribution in [-0.2, 0) is 25.1 Å². The molecular formula is C21H22N2OS2. The fourth-order valence-electron chi connectivity index (χ4n) is 3.53. The van der Waals surface area contributed by atoms with Gasteiger partial charge in [0.1, 0.15) is 4.83 Å². The second-order valence-electron chi connectivity index (χ2n) is 6.90. The molecular weight excluding hydrogens is 360 g/mol. The zero-order valence-electron chi connectivity index (χ0n) is 14.9. The molecule has 5 heteroatoms. The Balaban J connectivity index is 1.78. The molecule has 2 heterocycles. The molecule has 2 aromatic heterocycles. The van der Waals surface area contributed by atoms with Crippen LogP contribution in [0.4, 0.5) is 0 Å². The lowest BCUT2D eigenvalue weighted by Crippen LogP contribution is -2.23. The van der Waals surface area contributed by atoms with Gasteiger partial charge in [0.05, 0.1) is 5.39 Å². The van der Waals surface area contributed by atoms with Crippen molar-refractivity contribution in [1.29, 1.82) is 0 Å². The zero-order chi connectivity index (χ0) is 18.1. The summed E-state index contributed by atoms with van der Waals surface area (Å²) in [4.78, 5) is 20.4. The molecule has 0 aliphatic heterocycles. The third kappa shape index (κ3) is 3.26. The van der Waals surface area contributed by atoms with Gasteiger partial charge in [0.15, 0.2) is 5.16 Å². The number of allylic oxidation sites excluding steroid dienone is 1. The molecule has 0 fully saturated rings. The third-order valence-corrected chi connectivity index (χ3v) is 7.13. The van der Waals surface area contributed by atoms with Gasteiger partial charge in [0.2, 0.25) is 0 Å². The normalized spacial score (nSPS) is 16.6. The maximum absolute atomic E-state index is 13.3. The fraction of sp³-hybridized carbons (Fsp3) is 0.333. The number of aryl methyl sites for hydroxylation is 1. The van der Waals surface area contributed by atoms with Gasteiger partial charge in [-0.15, -0.1) is 17.9 Å². The second-order valence-corrected chi connectivity index (χ2v) is 8.93. The first-order chi connectivity index (χ1) is 12.7. The highest BCUT2D eigenvalue weighted by atomic mass is 32.2. The van der Waals surface area contributed by atoms with Gasteiger partial charge in [0.25, 0.3) is 5.56 Å². The number of nitrogens with zero attached hydrogens (tertiary/aromatic N) is 2. The van der Waals surface area contributed by atoms with Gasteiger partial charge < -0.3 is 0 Å². The molecule has 0 radical (unpaired) electrons. The molecule has 0 N–H and O–H groups in total. The molecule has 134 valence electrons. The summed E-state index contributed by atoms with van der Waals surface area (Å²) in [5.41, 5.74) is 2.58. The van der Waals surface area contributed by atoms with E-state index in [9.17, 15) is 4.79 Å². The first-order valence-corrected chi connectivity index (χ1v) is 10.8. The summed E-state index contributed by atoms with van der Waals surface area (Å²) in [7, 11) is 0. The molecule has 0 spiro atoms. The predicted molar refractivity (Wildman–Crippen MR) is 111 cm³/mol. The minimum Gasteiger partial charge on any atom is -0.283 e. The zero-order valence-corrected chi connectivity index (χ0v) is 16.5. The number of hydrogen-bond donors (Lipinski definition) is 0. The summed E-state index contributed by atoms with van der Waals surface area (Å²) in [6.07, 6.45) is 5.06. The number of benzene rings is 1. The lowest BCUT2D eigenvalue weighted by atomic mass is 9.89. The molecule has 1 aliphatic carbocycles. The Labute approximate surface area is 161 Å². The molecule has 0 bridgehead atoms. The highest BCUT2D eigenvalue weighted by Gasteiger charge is 2.24. The molecule has 1 atom stereocenters. The molecule has 0 saturated heterocycles. The van der Waals surface area contributed by atoms with E-state index in [0.29, 0.717) is 12.5 Å². The van der Waals surface area contributed by atoms with Crippen LogP contribution in [0.25, 0.3) is 10.2 Å². The largest absolute Gasteiger partial charge is 0.283 e. The van der Waals surface area contributed by atoms with Crippen LogP contribution in [0.3, 0.4) is 0 Å². The van der Waals surface area contributed by atoms with Gasteiger partial charge in [-0.05, 0) is 36.3 Å². The van der Waals surface area contributed by atoms with Crippen molar-refractivity contribution in [2.75, 3.05) is 0 Å². The first-order valence-electron chi connectivity index (χ1n) is 9.00. The predicted octanol–water partition coefficient (Wildman–Crippen LogP) is 5.06. The van der Waals surface area contributed by atoms with Gasteiger partial charge in [-0.25, -0.2) is 4.98 Å². The summed E-state index contributed by atoms with van der Waals surface area (Å²) in [5, 5.41) is 1.64. The van der Waals surface area contributed by atoms with Crippen LogP contribution >= 0.6 is 23.1 Å². The van der Waals surface area contributed by atoms with Crippen molar-refractivity contribution >= 4 is 33.3 Å². The second kappa shape index (κ2) is 7.41. The van der Waals surface area contributed by atoms with E-state index in [1.165, 1.54) is 22.4 Å². The molecule has 3 aromatic rings. The lowest BCUT2D eigenvalue weighted by molar-refractivity contribution is 0.508. The number of hydrogen-bond acceptors (Lipinski definition) is 4. The van der Waals surface area contributed by atoms with E-state index in [4.69, 9.17) is 4.98 Å². The van der Waals surface area contributed by atoms with E-state index in [0.717, 1.165) is 34.0 Å². The Morgan fingerprint density at radius 3 is 2.96 bits per heavy atom. The van der Waals surface area contributed by atoms with Crippen LogP contribution in [0.1, 0.15) is 29.3 Å². The maximum atomic E-state index is 13.3. The van der Waals surface area contributed by atoms with E-state index < -0.39 is 0 Å². The third-order valence-electron chi connectivity index (χ3n) is 4.90. The highest BCUT2D eigenvalue weighted by molar-refractivity contribution is 7.98. The van der Waals surface area contributed by atoms with E-state index in [1.807, 2.05) is 18.2 Å². The molecule has 0 saturated carbocycles. The number of rotatable bonds is 5. The van der Waals surface area contributed by atoms with E-state index in [2.05, 4.69) is 25.6 Å². The minimum absolute atomic E-state index is 0.0945. The minimum atomic E-state index is 0.0945. The van der Waals surface area contributed by atoms with Crippen molar-refractivity contribution in [2.45, 2.75) is 43.6 Å². The van der Waals surface area contributed by atoms with Crippen LogP contribution in [0.15, 0.2) is 52.9 Å². The van der Waals surface area contributed by atoms with E-state index in [1.54, 1.807) is 33.7 Å². The highest BCUT2D eigenvalue weighted by Crippen LogP contribution is 2.36. The van der Waals surface area contributed by atoms with Gasteiger partial charge >= 0.3 is 0 Å². The van der Waals surface area contributed by atoms with Crippen molar-refractivity contribution < 1.29 is 0 Å². The summed E-state index contributed by atoms with van der Waals surface area (Å²) >= 11 is 3.34. The van der Waals surface area contributed by atoms with Gasteiger partial charge in [0, 0.05) is 17.2 Å². The lowest BCUT2D eigenvalue weighted by Gasteiger charge is -2.18. The Kier molecular flexibility index (Phi) is 5.00. The van der Waals surface area contributed by atoms with Crippen LogP contribution in [0.2, 0.25) is 0 Å². The summed E-state index contributed by atoms with van der Waals surface area (Å²) in [5.74, 6) is 1.44. The maximum Gasteiger partial charge on any atom is 0.263 e. The fourth-order valence-corrected chi connectivity index (χ4v) is 5.76. The molecule has 1 aliphatic rings. The smallest absolute Gasteiger partial charge is 0.263 e. The first kappa shape index (κ1) is 17.6. The van der Waals surface area contributed by atoms with Crippen LogP contribution in [0.5, 0.6) is 0 Å². The Morgan fingerprint density at radius 2 is 2.19 bits per heavy atom. The van der Waals surface area contributed by atoms with Gasteiger partial charge in [-0.1, -0.05) is 55.1 Å². The Morgan fingerprint density at radius 1 is 1.38 bits per heavy atom. The number of fused-ring (bicyclic) bond motifs is 3. The number of thioether (sulfide) groups is 1. The van der Waals surface area contributed by atoms with Crippen LogP contribution in [0, 0.1) is 5.92 Å². The number of thiophene rings is 1. The van der Waals surface area contributed by atoms with E-state index >= 15 is 0 Å². The number of aromatic nitrogens is 2.